The summed E-state index contributed by atoms with van der Waals surface area (Å²) in [6.45, 7) is 8.23. The van der Waals surface area contributed by atoms with E-state index in [0.717, 1.165) is 25.7 Å². The van der Waals surface area contributed by atoms with Crippen LogP contribution in [0.2, 0.25) is 0 Å². The van der Waals surface area contributed by atoms with Gasteiger partial charge in [-0.15, -0.1) is 0 Å². The fourth-order valence-corrected chi connectivity index (χ4v) is 3.24. The Hall–Kier alpha value is -0.410. The number of carbonyl (C=O) groups is 1. The van der Waals surface area contributed by atoms with Crippen LogP contribution in [0, 0.1) is 10.8 Å². The summed E-state index contributed by atoms with van der Waals surface area (Å²) in [5, 5.41) is 3.53. The Morgan fingerprint density at radius 2 is 2.13 bits per heavy atom. The zero-order valence-electron chi connectivity index (χ0n) is 9.88. The quantitative estimate of drug-likeness (QED) is 0.716. The molecule has 0 aromatic carbocycles. The minimum atomic E-state index is 0.258. The van der Waals surface area contributed by atoms with Crippen molar-refractivity contribution in [3.63, 3.8) is 0 Å². The minimum Gasteiger partial charge on any atom is -0.371 e. The van der Waals surface area contributed by atoms with Crippen molar-refractivity contribution in [1.82, 2.24) is 5.32 Å². The SMILES string of the molecule is CC(C)(C)C1NCC12CC(OCC=O)C2. The van der Waals surface area contributed by atoms with Gasteiger partial charge in [0.1, 0.15) is 12.9 Å². The van der Waals surface area contributed by atoms with E-state index < -0.39 is 0 Å². The van der Waals surface area contributed by atoms with E-state index in [0.29, 0.717) is 23.0 Å². The first kappa shape index (κ1) is 11.1. The molecule has 1 aliphatic carbocycles. The van der Waals surface area contributed by atoms with E-state index in [1.165, 1.54) is 0 Å². The van der Waals surface area contributed by atoms with Gasteiger partial charge in [-0.3, -0.25) is 0 Å². The van der Waals surface area contributed by atoms with Gasteiger partial charge < -0.3 is 14.8 Å². The minimum absolute atomic E-state index is 0.258. The van der Waals surface area contributed by atoms with Crippen LogP contribution in [0.25, 0.3) is 0 Å². The zero-order valence-corrected chi connectivity index (χ0v) is 9.88. The first-order valence-corrected chi connectivity index (χ1v) is 5.77. The first-order valence-electron chi connectivity index (χ1n) is 5.77. The van der Waals surface area contributed by atoms with Crippen LogP contribution in [0.5, 0.6) is 0 Å². The summed E-state index contributed by atoms with van der Waals surface area (Å²) in [6.07, 6.45) is 3.40. The van der Waals surface area contributed by atoms with E-state index in [4.69, 9.17) is 4.74 Å². The predicted molar refractivity (Wildman–Crippen MR) is 58.7 cm³/mol. The lowest BCUT2D eigenvalue weighted by atomic mass is 9.52. The van der Waals surface area contributed by atoms with Gasteiger partial charge in [0.15, 0.2) is 0 Å². The van der Waals surface area contributed by atoms with Crippen LogP contribution in [-0.4, -0.2) is 31.6 Å². The van der Waals surface area contributed by atoms with Gasteiger partial charge in [0.25, 0.3) is 0 Å². The highest BCUT2D eigenvalue weighted by Gasteiger charge is 2.58. The molecule has 3 heteroatoms. The zero-order chi connectivity index (χ0) is 11.1. The van der Waals surface area contributed by atoms with Gasteiger partial charge >= 0.3 is 0 Å². The van der Waals surface area contributed by atoms with Crippen LogP contribution in [0.4, 0.5) is 0 Å². The van der Waals surface area contributed by atoms with Crippen LogP contribution in [0.15, 0.2) is 0 Å². The lowest BCUT2D eigenvalue weighted by molar-refractivity contribution is -0.153. The van der Waals surface area contributed by atoms with E-state index in [9.17, 15) is 4.79 Å². The van der Waals surface area contributed by atoms with Crippen LogP contribution in [-0.2, 0) is 9.53 Å². The summed E-state index contributed by atoms with van der Waals surface area (Å²) in [5.41, 5.74) is 0.791. The average molecular weight is 211 g/mol. The van der Waals surface area contributed by atoms with E-state index in [2.05, 4.69) is 26.1 Å². The second-order valence-corrected chi connectivity index (χ2v) is 6.07. The molecule has 1 unspecified atom stereocenters. The average Bonchev–Trinajstić information content (AvgIpc) is 1.96. The van der Waals surface area contributed by atoms with E-state index >= 15 is 0 Å². The van der Waals surface area contributed by atoms with Crippen LogP contribution in [0.3, 0.4) is 0 Å². The second-order valence-electron chi connectivity index (χ2n) is 6.07. The number of hydrogen-bond donors (Lipinski definition) is 1. The highest BCUT2D eigenvalue weighted by atomic mass is 16.5. The van der Waals surface area contributed by atoms with Gasteiger partial charge in [0.05, 0.1) is 6.10 Å². The Balaban J connectivity index is 1.84. The fraction of sp³-hybridized carbons (Fsp3) is 0.917. The second kappa shape index (κ2) is 3.56. The molecule has 0 bridgehead atoms. The molecule has 1 saturated heterocycles. The third kappa shape index (κ3) is 1.83. The first-order chi connectivity index (χ1) is 6.98. The molecule has 1 aliphatic heterocycles. The maximum atomic E-state index is 10.2. The third-order valence-corrected chi connectivity index (χ3v) is 3.81. The molecule has 0 aromatic rings. The maximum Gasteiger partial charge on any atom is 0.145 e. The molecule has 1 N–H and O–H groups in total. The van der Waals surface area contributed by atoms with Crippen LogP contribution in [0.1, 0.15) is 33.6 Å². The van der Waals surface area contributed by atoms with Crippen molar-refractivity contribution < 1.29 is 9.53 Å². The molecule has 2 aliphatic rings. The summed E-state index contributed by atoms with van der Waals surface area (Å²) >= 11 is 0. The fourth-order valence-electron chi connectivity index (χ4n) is 3.24. The number of carbonyl (C=O) groups excluding carboxylic acids is 1. The highest BCUT2D eigenvalue weighted by Crippen LogP contribution is 2.54. The lowest BCUT2D eigenvalue weighted by Crippen LogP contribution is -2.73. The van der Waals surface area contributed by atoms with Crippen molar-refractivity contribution in [3.05, 3.63) is 0 Å². The Morgan fingerprint density at radius 3 is 2.53 bits per heavy atom. The number of nitrogens with one attached hydrogen (secondary N) is 1. The molecule has 3 nitrogen and oxygen atoms in total. The van der Waals surface area contributed by atoms with Crippen molar-refractivity contribution in [2.75, 3.05) is 13.2 Å². The summed E-state index contributed by atoms with van der Waals surface area (Å²) in [7, 11) is 0. The number of ether oxygens (including phenoxy) is 1. The molecule has 1 saturated carbocycles. The summed E-state index contributed by atoms with van der Waals surface area (Å²) in [6, 6.07) is 0.612. The summed E-state index contributed by atoms with van der Waals surface area (Å²) < 4.78 is 5.42. The predicted octanol–water partition coefficient (Wildman–Crippen LogP) is 1.37. The van der Waals surface area contributed by atoms with Crippen molar-refractivity contribution in [2.45, 2.75) is 45.8 Å². The van der Waals surface area contributed by atoms with Gasteiger partial charge in [0.2, 0.25) is 0 Å². The third-order valence-electron chi connectivity index (χ3n) is 3.81. The van der Waals surface area contributed by atoms with Crippen LogP contribution < -0.4 is 5.32 Å². The monoisotopic (exact) mass is 211 g/mol. The number of hydrogen-bond acceptors (Lipinski definition) is 3. The number of rotatable bonds is 3. The standard InChI is InChI=1S/C12H21NO2/c1-11(2,3)10-12(8-13-10)6-9(7-12)15-5-4-14/h4,9-10,13H,5-8H2,1-3H3. The Morgan fingerprint density at radius 1 is 1.47 bits per heavy atom. The Bertz CT molecular complexity index is 251. The molecule has 1 spiro atoms. The summed E-state index contributed by atoms with van der Waals surface area (Å²) in [4.78, 5) is 10.2. The maximum absolute atomic E-state index is 10.2. The Labute approximate surface area is 91.6 Å². The van der Waals surface area contributed by atoms with Crippen molar-refractivity contribution in [2.24, 2.45) is 10.8 Å². The summed E-state index contributed by atoms with van der Waals surface area (Å²) in [5.74, 6) is 0. The Kier molecular flexibility index (Phi) is 2.63. The number of aldehydes is 1. The van der Waals surface area contributed by atoms with Crippen molar-refractivity contribution in [1.29, 1.82) is 0 Å². The molecule has 0 aromatic heterocycles. The van der Waals surface area contributed by atoms with Gasteiger partial charge in [-0.25, -0.2) is 0 Å². The molecule has 0 radical (unpaired) electrons. The molecular weight excluding hydrogens is 190 g/mol. The van der Waals surface area contributed by atoms with Crippen molar-refractivity contribution >= 4 is 6.29 Å². The molecular formula is C12H21NO2. The molecule has 0 amide bonds. The van der Waals surface area contributed by atoms with Crippen molar-refractivity contribution in [3.8, 4) is 0 Å². The molecule has 1 atom stereocenters. The van der Waals surface area contributed by atoms with Gasteiger partial charge in [-0.05, 0) is 18.3 Å². The molecule has 86 valence electrons. The van der Waals surface area contributed by atoms with E-state index in [-0.39, 0.29) is 6.61 Å². The highest BCUT2D eigenvalue weighted by molar-refractivity contribution is 5.50. The van der Waals surface area contributed by atoms with Gasteiger partial charge in [0, 0.05) is 18.0 Å². The molecule has 1 heterocycles. The topological polar surface area (TPSA) is 38.3 Å². The van der Waals surface area contributed by atoms with E-state index in [1.54, 1.807) is 0 Å². The van der Waals surface area contributed by atoms with Crippen LogP contribution >= 0.6 is 0 Å². The molecule has 15 heavy (non-hydrogen) atoms. The molecule has 2 fully saturated rings. The normalized spacial score (nSPS) is 39.7. The van der Waals surface area contributed by atoms with E-state index in [1.807, 2.05) is 0 Å². The smallest absolute Gasteiger partial charge is 0.145 e. The largest absolute Gasteiger partial charge is 0.371 e. The van der Waals surface area contributed by atoms with Gasteiger partial charge in [-0.2, -0.15) is 0 Å². The lowest BCUT2D eigenvalue weighted by Gasteiger charge is -2.63. The van der Waals surface area contributed by atoms with Gasteiger partial charge in [-0.1, -0.05) is 20.8 Å². The molecule has 2 rings (SSSR count).